The van der Waals surface area contributed by atoms with Crippen LogP contribution in [0.15, 0.2) is 0 Å². The number of amides is 1. The van der Waals surface area contributed by atoms with Gasteiger partial charge in [0.15, 0.2) is 6.10 Å². The van der Waals surface area contributed by atoms with Crippen LogP contribution in [0.2, 0.25) is 0 Å². The first-order chi connectivity index (χ1) is 9.06. The van der Waals surface area contributed by atoms with Crippen LogP contribution in [-0.4, -0.2) is 74.8 Å². The number of ether oxygens (including phenoxy) is 1. The average molecular weight is 293 g/mol. The summed E-state index contributed by atoms with van der Waals surface area (Å²) in [5.41, 5.74) is -0.431. The van der Waals surface area contributed by atoms with Crippen molar-refractivity contribution in [2.24, 2.45) is 5.41 Å². The number of nitrogens with one attached hydrogen (secondary N) is 1. The molecular formula is C12H23NO7. The fourth-order valence-electron chi connectivity index (χ4n) is 1.92. The largest absolute Gasteiger partial charge is 0.394 e. The van der Waals surface area contributed by atoms with Crippen LogP contribution in [0.25, 0.3) is 0 Å². The first kappa shape index (κ1) is 17.3. The first-order valence-corrected chi connectivity index (χ1v) is 6.35. The predicted octanol–water partition coefficient (Wildman–Crippen LogP) is -2.69. The van der Waals surface area contributed by atoms with Gasteiger partial charge in [0, 0.05) is 0 Å². The van der Waals surface area contributed by atoms with Crippen molar-refractivity contribution >= 4 is 5.91 Å². The van der Waals surface area contributed by atoms with Crippen LogP contribution < -0.4 is 5.32 Å². The molecule has 20 heavy (non-hydrogen) atoms. The average Bonchev–Trinajstić information content (AvgIpc) is 2.59. The van der Waals surface area contributed by atoms with Crippen LogP contribution in [0, 0.1) is 5.41 Å². The second kappa shape index (κ2) is 5.92. The van der Waals surface area contributed by atoms with Crippen molar-refractivity contribution in [3.8, 4) is 0 Å². The lowest BCUT2D eigenvalue weighted by atomic mass is 9.87. The number of hydrogen-bond donors (Lipinski definition) is 6. The van der Waals surface area contributed by atoms with Gasteiger partial charge >= 0.3 is 0 Å². The van der Waals surface area contributed by atoms with E-state index < -0.39 is 48.1 Å². The van der Waals surface area contributed by atoms with Gasteiger partial charge in [0.1, 0.15) is 12.2 Å². The van der Waals surface area contributed by atoms with Crippen molar-refractivity contribution in [3.05, 3.63) is 0 Å². The summed E-state index contributed by atoms with van der Waals surface area (Å²) >= 11 is 0. The minimum atomic E-state index is -2.38. The van der Waals surface area contributed by atoms with Crippen molar-refractivity contribution < 1.29 is 35.1 Å². The summed E-state index contributed by atoms with van der Waals surface area (Å²) in [7, 11) is 0. The van der Waals surface area contributed by atoms with Crippen molar-refractivity contribution in [2.75, 3.05) is 13.2 Å². The molecule has 1 heterocycles. The van der Waals surface area contributed by atoms with Gasteiger partial charge in [0.25, 0.3) is 5.91 Å². The van der Waals surface area contributed by atoms with E-state index in [9.17, 15) is 25.2 Å². The summed E-state index contributed by atoms with van der Waals surface area (Å²) in [5.74, 6) is -3.16. The van der Waals surface area contributed by atoms with Crippen LogP contribution in [0.5, 0.6) is 0 Å². The molecule has 0 radical (unpaired) electrons. The first-order valence-electron chi connectivity index (χ1n) is 6.35. The van der Waals surface area contributed by atoms with Crippen LogP contribution >= 0.6 is 0 Å². The zero-order chi connectivity index (χ0) is 15.7. The molecule has 0 bridgehead atoms. The standard InChI is InChI=1S/C12H23NO7/c1-11(2,3)6(4-14)13-10(18)8-7(16)9(17)12(19,5-15)20-8/h6-9,14-17,19H,4-5H2,1-3H3,(H,13,18)/t6-,7-,8+,9+,12-/m1/s1. The smallest absolute Gasteiger partial charge is 0.252 e. The van der Waals surface area contributed by atoms with Crippen molar-refractivity contribution in [1.82, 2.24) is 5.32 Å². The summed E-state index contributed by atoms with van der Waals surface area (Å²) < 4.78 is 4.85. The van der Waals surface area contributed by atoms with Crippen LogP contribution in [0.3, 0.4) is 0 Å². The Morgan fingerprint density at radius 1 is 1.35 bits per heavy atom. The molecule has 1 fully saturated rings. The van der Waals surface area contributed by atoms with Gasteiger partial charge in [0.05, 0.1) is 19.3 Å². The summed E-state index contributed by atoms with van der Waals surface area (Å²) in [6.07, 6.45) is -5.00. The van der Waals surface area contributed by atoms with E-state index in [-0.39, 0.29) is 6.61 Å². The Morgan fingerprint density at radius 2 is 1.90 bits per heavy atom. The van der Waals surface area contributed by atoms with Gasteiger partial charge in [0.2, 0.25) is 5.79 Å². The Bertz CT molecular complexity index is 356. The van der Waals surface area contributed by atoms with E-state index in [4.69, 9.17) is 9.84 Å². The Morgan fingerprint density at radius 3 is 2.25 bits per heavy atom. The zero-order valence-electron chi connectivity index (χ0n) is 11.8. The van der Waals surface area contributed by atoms with Crippen LogP contribution in [0.1, 0.15) is 20.8 Å². The number of aliphatic hydroxyl groups is 5. The zero-order valence-corrected chi connectivity index (χ0v) is 11.8. The van der Waals surface area contributed by atoms with E-state index in [0.717, 1.165) is 0 Å². The maximum absolute atomic E-state index is 12.0. The topological polar surface area (TPSA) is 139 Å². The fraction of sp³-hybridized carbons (Fsp3) is 0.917. The molecule has 1 rings (SSSR count). The third-order valence-corrected chi connectivity index (χ3v) is 3.46. The summed E-state index contributed by atoms with van der Waals surface area (Å²) in [6.45, 7) is 4.14. The lowest BCUT2D eigenvalue weighted by Crippen LogP contribution is -2.52. The molecule has 8 nitrogen and oxygen atoms in total. The highest BCUT2D eigenvalue weighted by molar-refractivity contribution is 5.82. The molecule has 0 aliphatic carbocycles. The van der Waals surface area contributed by atoms with Gasteiger partial charge < -0.3 is 35.6 Å². The summed E-state index contributed by atoms with van der Waals surface area (Å²) in [6, 6.07) is -0.592. The predicted molar refractivity (Wildman–Crippen MR) is 67.4 cm³/mol. The van der Waals surface area contributed by atoms with E-state index in [1.165, 1.54) is 0 Å². The number of hydrogen-bond acceptors (Lipinski definition) is 7. The quantitative estimate of drug-likeness (QED) is 0.332. The molecule has 0 aromatic heterocycles. The fourth-order valence-corrected chi connectivity index (χ4v) is 1.92. The minimum absolute atomic E-state index is 0.315. The highest BCUT2D eigenvalue weighted by atomic mass is 16.7. The van der Waals surface area contributed by atoms with Crippen molar-refractivity contribution in [3.63, 3.8) is 0 Å². The molecule has 0 spiro atoms. The molecule has 0 aromatic rings. The summed E-state index contributed by atoms with van der Waals surface area (Å²) in [5, 5.41) is 49.7. The van der Waals surface area contributed by atoms with E-state index >= 15 is 0 Å². The van der Waals surface area contributed by atoms with Gasteiger partial charge in [-0.2, -0.15) is 0 Å². The Labute approximate surface area is 117 Å². The Kier molecular flexibility index (Phi) is 5.12. The maximum Gasteiger partial charge on any atom is 0.252 e. The number of rotatable bonds is 4. The maximum atomic E-state index is 12.0. The number of carbonyl (C=O) groups excluding carboxylic acids is 1. The summed E-state index contributed by atoms with van der Waals surface area (Å²) in [4.78, 5) is 12.0. The minimum Gasteiger partial charge on any atom is -0.394 e. The highest BCUT2D eigenvalue weighted by Crippen LogP contribution is 2.29. The van der Waals surface area contributed by atoms with Crippen LogP contribution in [0.4, 0.5) is 0 Å². The van der Waals surface area contributed by atoms with Gasteiger partial charge in [-0.1, -0.05) is 20.8 Å². The van der Waals surface area contributed by atoms with Crippen molar-refractivity contribution in [1.29, 1.82) is 0 Å². The SMILES string of the molecule is CC(C)(C)[C@@H](CO)NC(=O)[C@H]1O[C@](O)(CO)[C@@H](O)[C@@H]1O. The van der Waals surface area contributed by atoms with E-state index in [0.29, 0.717) is 0 Å². The van der Waals surface area contributed by atoms with E-state index in [2.05, 4.69) is 5.32 Å². The number of aliphatic hydroxyl groups excluding tert-OH is 4. The van der Waals surface area contributed by atoms with Gasteiger partial charge in [-0.25, -0.2) is 0 Å². The van der Waals surface area contributed by atoms with E-state index in [1.54, 1.807) is 20.8 Å². The normalized spacial score (nSPS) is 35.9. The molecule has 8 heteroatoms. The molecule has 0 saturated carbocycles. The second-order valence-electron chi connectivity index (χ2n) is 6.09. The van der Waals surface area contributed by atoms with Gasteiger partial charge in [-0.15, -0.1) is 0 Å². The van der Waals surface area contributed by atoms with Gasteiger partial charge in [-0.3, -0.25) is 4.79 Å². The van der Waals surface area contributed by atoms with Crippen LogP contribution in [-0.2, 0) is 9.53 Å². The molecule has 0 aromatic carbocycles. The molecule has 1 aliphatic rings. The molecule has 6 N–H and O–H groups in total. The lowest BCUT2D eigenvalue weighted by Gasteiger charge is -2.31. The van der Waals surface area contributed by atoms with Gasteiger partial charge in [-0.05, 0) is 5.41 Å². The number of carbonyl (C=O) groups is 1. The molecule has 118 valence electrons. The molecule has 0 unspecified atom stereocenters. The lowest BCUT2D eigenvalue weighted by molar-refractivity contribution is -0.244. The molecule has 5 atom stereocenters. The molecule has 1 saturated heterocycles. The molecular weight excluding hydrogens is 270 g/mol. The third kappa shape index (κ3) is 3.27. The van der Waals surface area contributed by atoms with E-state index in [1.807, 2.05) is 0 Å². The monoisotopic (exact) mass is 293 g/mol. The molecule has 1 aliphatic heterocycles. The second-order valence-corrected chi connectivity index (χ2v) is 6.09. The Hall–Kier alpha value is -0.770. The Balaban J connectivity index is 2.79. The third-order valence-electron chi connectivity index (χ3n) is 3.46. The molecule has 1 amide bonds. The van der Waals surface area contributed by atoms with Crippen molar-refractivity contribution in [2.45, 2.75) is 50.9 Å². The highest BCUT2D eigenvalue weighted by Gasteiger charge is 2.55.